The van der Waals surface area contributed by atoms with Crippen LogP contribution in [0.25, 0.3) is 16.5 Å². The van der Waals surface area contributed by atoms with Gasteiger partial charge in [-0.2, -0.15) is 0 Å². The van der Waals surface area contributed by atoms with Crippen LogP contribution < -0.4 is 0 Å². The summed E-state index contributed by atoms with van der Waals surface area (Å²) in [7, 11) is -1.37. The van der Waals surface area contributed by atoms with Gasteiger partial charge in [0.1, 0.15) is 19.5 Å². The molecule has 1 heterocycles. The van der Waals surface area contributed by atoms with Crippen LogP contribution in [0.5, 0.6) is 0 Å². The smallest absolute Gasteiger partial charge is 0.138 e. The Balaban J connectivity index is 2.52. The number of benzene rings is 1. The summed E-state index contributed by atoms with van der Waals surface area (Å²) in [6.45, 7) is 13.2. The summed E-state index contributed by atoms with van der Waals surface area (Å²) in [6, 6.07) is 8.21. The Morgan fingerprint density at radius 3 is 2.71 bits per heavy atom. The standard InChI is InChI=1S/C18H21NOSi/c1-6-20-14(2)18-17-13-15(10-12-21(3,4)5)7-8-16(17)9-11-19-18/h7-9,11,13H,2,6H2,1,3-5H3. The van der Waals surface area contributed by atoms with E-state index in [-0.39, 0.29) is 0 Å². The normalized spacial score (nSPS) is 10.9. The molecular formula is C18H21NOSi. The third-order valence-electron chi connectivity index (χ3n) is 2.93. The molecule has 0 aliphatic heterocycles. The highest BCUT2D eigenvalue weighted by Gasteiger charge is 2.09. The van der Waals surface area contributed by atoms with Gasteiger partial charge in [-0.25, -0.2) is 0 Å². The molecule has 0 amide bonds. The van der Waals surface area contributed by atoms with Gasteiger partial charge in [-0.15, -0.1) is 5.54 Å². The lowest BCUT2D eigenvalue weighted by Gasteiger charge is -2.09. The Morgan fingerprint density at radius 1 is 1.29 bits per heavy atom. The summed E-state index contributed by atoms with van der Waals surface area (Å²) >= 11 is 0. The first-order chi connectivity index (χ1) is 9.90. The van der Waals surface area contributed by atoms with Gasteiger partial charge < -0.3 is 4.74 Å². The molecule has 0 bridgehead atoms. The molecule has 0 saturated heterocycles. The van der Waals surface area contributed by atoms with E-state index in [4.69, 9.17) is 4.74 Å². The molecule has 0 unspecified atom stereocenters. The van der Waals surface area contributed by atoms with Crippen molar-refractivity contribution in [2.45, 2.75) is 26.6 Å². The number of rotatable bonds is 3. The molecule has 3 heteroatoms. The van der Waals surface area contributed by atoms with Crippen molar-refractivity contribution in [3.8, 4) is 11.5 Å². The molecule has 1 aromatic carbocycles. The van der Waals surface area contributed by atoms with Gasteiger partial charge >= 0.3 is 0 Å². The van der Waals surface area contributed by atoms with E-state index >= 15 is 0 Å². The average molecular weight is 295 g/mol. The molecule has 0 saturated carbocycles. The highest BCUT2D eigenvalue weighted by molar-refractivity contribution is 6.83. The van der Waals surface area contributed by atoms with Crippen LogP contribution in [0.2, 0.25) is 19.6 Å². The zero-order valence-electron chi connectivity index (χ0n) is 13.2. The number of aromatic nitrogens is 1. The van der Waals surface area contributed by atoms with E-state index in [9.17, 15) is 0 Å². The predicted molar refractivity (Wildman–Crippen MR) is 92.6 cm³/mol. The highest BCUT2D eigenvalue weighted by Crippen LogP contribution is 2.23. The first kappa shape index (κ1) is 15.3. The number of hydrogen-bond donors (Lipinski definition) is 0. The number of pyridine rings is 1. The molecule has 0 aliphatic carbocycles. The van der Waals surface area contributed by atoms with Gasteiger partial charge in [0, 0.05) is 17.1 Å². The lowest BCUT2D eigenvalue weighted by atomic mass is 10.1. The maximum absolute atomic E-state index is 5.50. The van der Waals surface area contributed by atoms with Crippen molar-refractivity contribution >= 4 is 24.6 Å². The molecule has 0 spiro atoms. The van der Waals surface area contributed by atoms with E-state index in [1.165, 1.54) is 0 Å². The van der Waals surface area contributed by atoms with Crippen LogP contribution in [0, 0.1) is 11.5 Å². The Labute approximate surface area is 127 Å². The van der Waals surface area contributed by atoms with Crippen molar-refractivity contribution in [1.29, 1.82) is 0 Å². The van der Waals surface area contributed by atoms with Gasteiger partial charge in [-0.05, 0) is 30.5 Å². The molecule has 2 nitrogen and oxygen atoms in total. The molecule has 1 aromatic heterocycles. The zero-order valence-corrected chi connectivity index (χ0v) is 14.2. The Kier molecular flexibility index (Phi) is 4.49. The number of nitrogens with zero attached hydrogens (tertiary/aromatic N) is 1. The highest BCUT2D eigenvalue weighted by atomic mass is 28.3. The molecule has 0 aliphatic rings. The van der Waals surface area contributed by atoms with Crippen molar-refractivity contribution in [3.05, 3.63) is 48.3 Å². The summed E-state index contributed by atoms with van der Waals surface area (Å²) in [6.07, 6.45) is 1.79. The molecular weight excluding hydrogens is 274 g/mol. The second-order valence-corrected chi connectivity index (χ2v) is 10.7. The summed E-state index contributed by atoms with van der Waals surface area (Å²) in [4.78, 5) is 4.41. The number of fused-ring (bicyclic) bond motifs is 1. The monoisotopic (exact) mass is 295 g/mol. The van der Waals surface area contributed by atoms with Crippen LogP contribution in [-0.4, -0.2) is 19.7 Å². The van der Waals surface area contributed by atoms with Gasteiger partial charge in [0.2, 0.25) is 0 Å². The van der Waals surface area contributed by atoms with Crippen LogP contribution in [0.1, 0.15) is 18.2 Å². The summed E-state index contributed by atoms with van der Waals surface area (Å²) < 4.78 is 5.50. The Hall–Kier alpha value is -2.05. The summed E-state index contributed by atoms with van der Waals surface area (Å²) in [5.41, 5.74) is 5.21. The molecule has 2 aromatic rings. The SMILES string of the molecule is C=C(OCC)c1nccc2ccc(C#C[Si](C)(C)C)cc12. The van der Waals surface area contributed by atoms with Gasteiger partial charge in [0.15, 0.2) is 0 Å². The topological polar surface area (TPSA) is 22.1 Å². The van der Waals surface area contributed by atoms with Crippen molar-refractivity contribution in [2.75, 3.05) is 6.61 Å². The van der Waals surface area contributed by atoms with E-state index in [2.05, 4.69) is 60.9 Å². The van der Waals surface area contributed by atoms with E-state index in [1.807, 2.05) is 13.0 Å². The van der Waals surface area contributed by atoms with E-state index in [0.29, 0.717) is 12.4 Å². The average Bonchev–Trinajstić information content (AvgIpc) is 2.43. The third-order valence-corrected chi connectivity index (χ3v) is 3.81. The minimum atomic E-state index is -1.37. The maximum atomic E-state index is 5.50. The molecule has 0 N–H and O–H groups in total. The summed E-state index contributed by atoms with van der Waals surface area (Å²) in [5, 5.41) is 2.16. The van der Waals surface area contributed by atoms with Crippen molar-refractivity contribution in [3.63, 3.8) is 0 Å². The fourth-order valence-corrected chi connectivity index (χ4v) is 2.49. The van der Waals surface area contributed by atoms with Crippen LogP contribution in [-0.2, 0) is 4.74 Å². The molecule has 21 heavy (non-hydrogen) atoms. The van der Waals surface area contributed by atoms with Gasteiger partial charge in [-0.1, -0.05) is 38.2 Å². The van der Waals surface area contributed by atoms with Crippen LogP contribution >= 0.6 is 0 Å². The van der Waals surface area contributed by atoms with Crippen molar-refractivity contribution in [1.82, 2.24) is 4.98 Å². The molecule has 0 atom stereocenters. The predicted octanol–water partition coefficient (Wildman–Crippen LogP) is 4.47. The molecule has 0 fully saturated rings. The minimum absolute atomic E-state index is 0.589. The first-order valence-electron chi connectivity index (χ1n) is 7.15. The van der Waals surface area contributed by atoms with Gasteiger partial charge in [0.25, 0.3) is 0 Å². The first-order valence-corrected chi connectivity index (χ1v) is 10.6. The second kappa shape index (κ2) is 6.15. The largest absolute Gasteiger partial charge is 0.492 e. The van der Waals surface area contributed by atoms with E-state index in [0.717, 1.165) is 22.0 Å². The molecule has 108 valence electrons. The quantitative estimate of drug-likeness (QED) is 0.473. The fourth-order valence-electron chi connectivity index (χ4n) is 1.97. The number of hydrogen-bond acceptors (Lipinski definition) is 2. The zero-order chi connectivity index (χ0) is 15.5. The van der Waals surface area contributed by atoms with Gasteiger partial charge in [-0.3, -0.25) is 4.98 Å². The molecule has 0 radical (unpaired) electrons. The Morgan fingerprint density at radius 2 is 2.05 bits per heavy atom. The van der Waals surface area contributed by atoms with Crippen LogP contribution in [0.4, 0.5) is 0 Å². The maximum Gasteiger partial charge on any atom is 0.138 e. The van der Waals surface area contributed by atoms with E-state index in [1.54, 1.807) is 6.20 Å². The molecule has 2 rings (SSSR count). The lowest BCUT2D eigenvalue weighted by Crippen LogP contribution is -2.16. The third kappa shape index (κ3) is 3.96. The lowest BCUT2D eigenvalue weighted by molar-refractivity contribution is 0.298. The summed E-state index contributed by atoms with van der Waals surface area (Å²) in [5.74, 6) is 3.90. The minimum Gasteiger partial charge on any atom is -0.492 e. The Bertz CT molecular complexity index is 732. The van der Waals surface area contributed by atoms with E-state index < -0.39 is 8.07 Å². The number of ether oxygens (including phenoxy) is 1. The second-order valence-electron chi connectivity index (χ2n) is 5.95. The van der Waals surface area contributed by atoms with Crippen molar-refractivity contribution in [2.24, 2.45) is 0 Å². The fraction of sp³-hybridized carbons (Fsp3) is 0.278. The van der Waals surface area contributed by atoms with Gasteiger partial charge in [0.05, 0.1) is 6.61 Å². The van der Waals surface area contributed by atoms with Crippen molar-refractivity contribution < 1.29 is 4.74 Å². The van der Waals surface area contributed by atoms with Crippen LogP contribution in [0.3, 0.4) is 0 Å². The van der Waals surface area contributed by atoms with Crippen LogP contribution in [0.15, 0.2) is 37.0 Å².